The lowest BCUT2D eigenvalue weighted by Gasteiger charge is -2.16. The van der Waals surface area contributed by atoms with Crippen LogP contribution in [0.15, 0.2) is 47.4 Å². The number of carbonyl (C=O) groups excluding carboxylic acids is 1. The molecule has 26 heavy (non-hydrogen) atoms. The highest BCUT2D eigenvalue weighted by Crippen LogP contribution is 2.25. The molecule has 1 amide bonds. The maximum atomic E-state index is 12.6. The van der Waals surface area contributed by atoms with Crippen LogP contribution in [-0.2, 0) is 16.4 Å². The van der Waals surface area contributed by atoms with Crippen molar-refractivity contribution in [3.05, 3.63) is 59.2 Å². The standard InChI is InChI=1S/C19H24N2O4S/c1-5-14-6-8-15(9-7-14)13(2)21-19(22)16-10-11-17(25-4)18(12-16)26(23,24)20-3/h6-13,20H,5H2,1-4H3,(H,21,22). The molecule has 7 heteroatoms. The summed E-state index contributed by atoms with van der Waals surface area (Å²) in [6.07, 6.45) is 0.954. The molecular weight excluding hydrogens is 352 g/mol. The van der Waals surface area contributed by atoms with E-state index in [-0.39, 0.29) is 28.2 Å². The van der Waals surface area contributed by atoms with Crippen LogP contribution in [0.5, 0.6) is 5.75 Å². The summed E-state index contributed by atoms with van der Waals surface area (Å²) in [5.41, 5.74) is 2.45. The summed E-state index contributed by atoms with van der Waals surface area (Å²) in [7, 11) is -1.05. The maximum Gasteiger partial charge on any atom is 0.251 e. The van der Waals surface area contributed by atoms with Crippen molar-refractivity contribution >= 4 is 15.9 Å². The van der Waals surface area contributed by atoms with Gasteiger partial charge in [0, 0.05) is 5.56 Å². The van der Waals surface area contributed by atoms with Crippen molar-refractivity contribution in [2.45, 2.75) is 31.2 Å². The van der Waals surface area contributed by atoms with Crippen LogP contribution in [0.2, 0.25) is 0 Å². The molecule has 1 atom stereocenters. The van der Waals surface area contributed by atoms with Gasteiger partial charge >= 0.3 is 0 Å². The molecule has 1 unspecified atom stereocenters. The van der Waals surface area contributed by atoms with Gasteiger partial charge in [-0.25, -0.2) is 13.1 Å². The monoisotopic (exact) mass is 376 g/mol. The smallest absolute Gasteiger partial charge is 0.251 e. The molecule has 140 valence electrons. The molecule has 2 N–H and O–H groups in total. The summed E-state index contributed by atoms with van der Waals surface area (Å²) in [6, 6.07) is 12.1. The van der Waals surface area contributed by atoms with Gasteiger partial charge in [-0.3, -0.25) is 4.79 Å². The Balaban J connectivity index is 2.24. The quantitative estimate of drug-likeness (QED) is 0.778. The molecule has 0 heterocycles. The first-order valence-electron chi connectivity index (χ1n) is 8.33. The van der Waals surface area contributed by atoms with Crippen LogP contribution in [0.1, 0.15) is 41.4 Å². The Hall–Kier alpha value is -2.38. The first-order valence-corrected chi connectivity index (χ1v) is 9.82. The molecule has 2 aromatic carbocycles. The highest BCUT2D eigenvalue weighted by Gasteiger charge is 2.21. The van der Waals surface area contributed by atoms with Crippen molar-refractivity contribution in [3.63, 3.8) is 0 Å². The van der Waals surface area contributed by atoms with Gasteiger partial charge in [0.25, 0.3) is 5.91 Å². The molecule has 0 saturated heterocycles. The van der Waals surface area contributed by atoms with E-state index in [1.807, 2.05) is 31.2 Å². The second kappa shape index (κ2) is 8.33. The summed E-state index contributed by atoms with van der Waals surface area (Å²) >= 11 is 0. The van der Waals surface area contributed by atoms with E-state index in [1.54, 1.807) is 0 Å². The van der Waals surface area contributed by atoms with Crippen LogP contribution in [-0.4, -0.2) is 28.5 Å². The lowest BCUT2D eigenvalue weighted by atomic mass is 10.0. The van der Waals surface area contributed by atoms with Crippen molar-refractivity contribution in [2.24, 2.45) is 0 Å². The fourth-order valence-electron chi connectivity index (χ4n) is 2.54. The molecule has 0 spiro atoms. The van der Waals surface area contributed by atoms with E-state index in [2.05, 4.69) is 17.0 Å². The number of nitrogens with one attached hydrogen (secondary N) is 2. The van der Waals surface area contributed by atoms with Gasteiger partial charge in [0.15, 0.2) is 0 Å². The Morgan fingerprint density at radius 1 is 1.15 bits per heavy atom. The van der Waals surface area contributed by atoms with Gasteiger partial charge in [0.2, 0.25) is 10.0 Å². The summed E-state index contributed by atoms with van der Waals surface area (Å²) in [5, 5.41) is 2.89. The third-order valence-electron chi connectivity index (χ3n) is 4.22. The predicted molar refractivity (Wildman–Crippen MR) is 101 cm³/mol. The van der Waals surface area contributed by atoms with E-state index in [1.165, 1.54) is 37.9 Å². The molecule has 0 aliphatic carbocycles. The summed E-state index contributed by atoms with van der Waals surface area (Å²) in [5.74, 6) is -0.175. The molecule has 2 rings (SSSR count). The minimum absolute atomic E-state index is 0.0740. The molecule has 0 aromatic heterocycles. The zero-order valence-corrected chi connectivity index (χ0v) is 16.2. The summed E-state index contributed by atoms with van der Waals surface area (Å²) in [6.45, 7) is 3.97. The zero-order valence-electron chi connectivity index (χ0n) is 15.4. The number of ether oxygens (including phenoxy) is 1. The molecule has 0 fully saturated rings. The van der Waals surface area contributed by atoms with E-state index in [0.717, 1.165) is 12.0 Å². The van der Waals surface area contributed by atoms with Gasteiger partial charge in [-0.2, -0.15) is 0 Å². The van der Waals surface area contributed by atoms with Crippen LogP contribution in [0, 0.1) is 0 Å². The van der Waals surface area contributed by atoms with Crippen molar-refractivity contribution in [2.75, 3.05) is 14.2 Å². The SMILES string of the molecule is CCc1ccc(C(C)NC(=O)c2ccc(OC)c(S(=O)(=O)NC)c2)cc1. The Kier molecular flexibility index (Phi) is 6.39. The topological polar surface area (TPSA) is 84.5 Å². The number of rotatable bonds is 7. The number of methoxy groups -OCH3 is 1. The van der Waals surface area contributed by atoms with Gasteiger partial charge in [-0.05, 0) is 49.7 Å². The fourth-order valence-corrected chi connectivity index (χ4v) is 3.46. The van der Waals surface area contributed by atoms with Crippen molar-refractivity contribution in [3.8, 4) is 5.75 Å². The van der Waals surface area contributed by atoms with Crippen LogP contribution in [0.3, 0.4) is 0 Å². The molecule has 6 nitrogen and oxygen atoms in total. The minimum atomic E-state index is -3.74. The average molecular weight is 376 g/mol. The Morgan fingerprint density at radius 3 is 2.35 bits per heavy atom. The van der Waals surface area contributed by atoms with Gasteiger partial charge in [-0.1, -0.05) is 31.2 Å². The molecule has 2 aromatic rings. The number of hydrogen-bond acceptors (Lipinski definition) is 4. The van der Waals surface area contributed by atoms with Gasteiger partial charge in [0.1, 0.15) is 10.6 Å². The number of sulfonamides is 1. The number of amides is 1. The Bertz CT molecular complexity index is 877. The molecule has 0 aliphatic rings. The minimum Gasteiger partial charge on any atom is -0.495 e. The zero-order chi connectivity index (χ0) is 19.3. The van der Waals surface area contributed by atoms with Gasteiger partial charge in [0.05, 0.1) is 13.2 Å². The lowest BCUT2D eigenvalue weighted by Crippen LogP contribution is -2.27. The molecule has 0 aliphatic heterocycles. The van der Waals surface area contributed by atoms with E-state index in [0.29, 0.717) is 0 Å². The van der Waals surface area contributed by atoms with E-state index in [9.17, 15) is 13.2 Å². The Morgan fingerprint density at radius 2 is 1.81 bits per heavy atom. The van der Waals surface area contributed by atoms with E-state index >= 15 is 0 Å². The Labute approximate surface area is 154 Å². The molecular formula is C19H24N2O4S. The second-order valence-electron chi connectivity index (χ2n) is 5.86. The number of benzene rings is 2. The third-order valence-corrected chi connectivity index (χ3v) is 5.66. The highest BCUT2D eigenvalue weighted by atomic mass is 32.2. The number of carbonyl (C=O) groups is 1. The predicted octanol–water partition coefficient (Wildman–Crippen LogP) is 2.66. The van der Waals surface area contributed by atoms with Crippen LogP contribution < -0.4 is 14.8 Å². The first kappa shape index (κ1) is 19.9. The average Bonchev–Trinajstić information content (AvgIpc) is 2.67. The molecule has 0 bridgehead atoms. The fraction of sp³-hybridized carbons (Fsp3) is 0.316. The maximum absolute atomic E-state index is 12.6. The van der Waals surface area contributed by atoms with Gasteiger partial charge in [-0.15, -0.1) is 0 Å². The normalized spacial score (nSPS) is 12.5. The first-order chi connectivity index (χ1) is 12.3. The van der Waals surface area contributed by atoms with Crippen molar-refractivity contribution in [1.82, 2.24) is 10.0 Å². The van der Waals surface area contributed by atoms with Crippen LogP contribution in [0.25, 0.3) is 0 Å². The summed E-state index contributed by atoms with van der Waals surface area (Å²) < 4.78 is 31.6. The van der Waals surface area contributed by atoms with E-state index in [4.69, 9.17) is 4.74 Å². The largest absolute Gasteiger partial charge is 0.495 e. The van der Waals surface area contributed by atoms with E-state index < -0.39 is 10.0 Å². The molecule has 0 radical (unpaired) electrons. The van der Waals surface area contributed by atoms with Crippen molar-refractivity contribution in [1.29, 1.82) is 0 Å². The third kappa shape index (κ3) is 4.42. The van der Waals surface area contributed by atoms with Crippen molar-refractivity contribution < 1.29 is 17.9 Å². The number of aryl methyl sites for hydroxylation is 1. The van der Waals surface area contributed by atoms with Gasteiger partial charge < -0.3 is 10.1 Å². The van der Waals surface area contributed by atoms with Crippen LogP contribution in [0.4, 0.5) is 0 Å². The number of hydrogen-bond donors (Lipinski definition) is 2. The van der Waals surface area contributed by atoms with Crippen LogP contribution >= 0.6 is 0 Å². The second-order valence-corrected chi connectivity index (χ2v) is 7.72. The highest BCUT2D eigenvalue weighted by molar-refractivity contribution is 7.89. The lowest BCUT2D eigenvalue weighted by molar-refractivity contribution is 0.0939. The molecule has 0 saturated carbocycles. The summed E-state index contributed by atoms with van der Waals surface area (Å²) in [4.78, 5) is 12.5.